The van der Waals surface area contributed by atoms with Gasteiger partial charge in [-0.05, 0) is 43.9 Å². The normalized spacial score (nSPS) is 15.2. The van der Waals surface area contributed by atoms with Crippen molar-refractivity contribution in [1.82, 2.24) is 5.32 Å². The highest BCUT2D eigenvalue weighted by Crippen LogP contribution is 2.28. The number of anilines is 1. The van der Waals surface area contributed by atoms with Crippen LogP contribution in [0.3, 0.4) is 0 Å². The van der Waals surface area contributed by atoms with Crippen LogP contribution in [0.25, 0.3) is 0 Å². The fraction of sp³-hybridized carbons (Fsp3) is 0.500. The fourth-order valence-corrected chi connectivity index (χ4v) is 2.32. The Balaban J connectivity index is 2.00. The Labute approximate surface area is 112 Å². The molecule has 19 heavy (non-hydrogen) atoms. The molecule has 1 unspecified atom stereocenters. The summed E-state index contributed by atoms with van der Waals surface area (Å²) in [5.41, 5.74) is 1.66. The van der Waals surface area contributed by atoms with Crippen molar-refractivity contribution in [2.75, 3.05) is 18.1 Å². The summed E-state index contributed by atoms with van der Waals surface area (Å²) >= 11 is 0. The van der Waals surface area contributed by atoms with Crippen molar-refractivity contribution in [2.24, 2.45) is 0 Å². The summed E-state index contributed by atoms with van der Waals surface area (Å²) in [6.45, 7) is 2.60. The minimum absolute atomic E-state index is 0.00254. The van der Waals surface area contributed by atoms with Gasteiger partial charge in [0.05, 0.1) is 5.69 Å². The molecule has 0 bridgehead atoms. The summed E-state index contributed by atoms with van der Waals surface area (Å²) in [5.74, 6) is -0.327. The third kappa shape index (κ3) is 3.23. The molecular weight excluding hydrogens is 247 g/mol. The van der Waals surface area contributed by atoms with Gasteiger partial charge in [0.2, 0.25) is 0 Å². The maximum Gasteiger partial charge on any atom is 0.322 e. The van der Waals surface area contributed by atoms with Crippen LogP contribution in [-0.4, -0.2) is 30.3 Å². The third-order valence-corrected chi connectivity index (χ3v) is 3.35. The molecule has 1 atom stereocenters. The van der Waals surface area contributed by atoms with Gasteiger partial charge in [-0.3, -0.25) is 4.90 Å². The number of carbonyl (C=O) groups excluding carboxylic acids is 1. The van der Waals surface area contributed by atoms with Crippen LogP contribution in [0.1, 0.15) is 25.3 Å². The lowest BCUT2D eigenvalue weighted by atomic mass is 10.2. The van der Waals surface area contributed by atoms with Crippen LogP contribution < -0.4 is 10.2 Å². The highest BCUT2D eigenvalue weighted by atomic mass is 19.1. The lowest BCUT2D eigenvalue weighted by molar-refractivity contribution is 0.240. The highest BCUT2D eigenvalue weighted by Gasteiger charge is 2.25. The molecule has 2 amide bonds. The average Bonchev–Trinajstić information content (AvgIpc) is 2.79. The highest BCUT2D eigenvalue weighted by molar-refractivity contribution is 5.94. The van der Waals surface area contributed by atoms with Crippen LogP contribution in [-0.2, 0) is 6.42 Å². The summed E-state index contributed by atoms with van der Waals surface area (Å²) in [6, 6.07) is 4.35. The maximum atomic E-state index is 13.2. The Hall–Kier alpha value is -1.62. The van der Waals surface area contributed by atoms with Crippen LogP contribution >= 0.6 is 0 Å². The zero-order chi connectivity index (χ0) is 13.8. The number of aliphatic hydroxyl groups is 1. The van der Waals surface area contributed by atoms with E-state index in [1.54, 1.807) is 11.0 Å². The molecule has 0 fully saturated rings. The minimum Gasteiger partial charge on any atom is -0.396 e. The average molecular weight is 266 g/mol. The first kappa shape index (κ1) is 13.8. The number of nitrogens with one attached hydrogen (secondary N) is 1. The second-order valence-corrected chi connectivity index (χ2v) is 4.89. The summed E-state index contributed by atoms with van der Waals surface area (Å²) in [7, 11) is 0. The van der Waals surface area contributed by atoms with E-state index in [1.807, 2.05) is 6.92 Å². The Morgan fingerprint density at radius 3 is 3.11 bits per heavy atom. The monoisotopic (exact) mass is 266 g/mol. The van der Waals surface area contributed by atoms with Crippen LogP contribution in [0.15, 0.2) is 18.2 Å². The van der Waals surface area contributed by atoms with Crippen LogP contribution in [0.2, 0.25) is 0 Å². The molecule has 1 heterocycles. The lowest BCUT2D eigenvalue weighted by Gasteiger charge is -2.21. The molecule has 0 saturated heterocycles. The second kappa shape index (κ2) is 6.02. The Bertz CT molecular complexity index is 465. The largest absolute Gasteiger partial charge is 0.396 e. The van der Waals surface area contributed by atoms with Gasteiger partial charge in [0.1, 0.15) is 5.82 Å². The van der Waals surface area contributed by atoms with Gasteiger partial charge in [-0.25, -0.2) is 9.18 Å². The molecule has 2 N–H and O–H groups in total. The summed E-state index contributed by atoms with van der Waals surface area (Å²) in [4.78, 5) is 13.7. The molecule has 5 heteroatoms. The number of amides is 2. The molecule has 1 aromatic rings. The van der Waals surface area contributed by atoms with Crippen LogP contribution in [0.4, 0.5) is 14.9 Å². The summed E-state index contributed by atoms with van der Waals surface area (Å²) in [5, 5.41) is 11.6. The number of carbonyl (C=O) groups is 1. The van der Waals surface area contributed by atoms with Gasteiger partial charge in [0.25, 0.3) is 0 Å². The van der Waals surface area contributed by atoms with E-state index in [0.29, 0.717) is 18.7 Å². The molecule has 1 aliphatic heterocycles. The summed E-state index contributed by atoms with van der Waals surface area (Å²) < 4.78 is 13.2. The van der Waals surface area contributed by atoms with E-state index in [-0.39, 0.29) is 24.5 Å². The molecule has 0 aromatic heterocycles. The lowest BCUT2D eigenvalue weighted by Crippen LogP contribution is -2.43. The molecule has 1 aliphatic rings. The van der Waals surface area contributed by atoms with Crippen molar-refractivity contribution in [1.29, 1.82) is 0 Å². The molecule has 1 aromatic carbocycles. The van der Waals surface area contributed by atoms with Gasteiger partial charge in [0.15, 0.2) is 0 Å². The number of rotatable bonds is 4. The van der Waals surface area contributed by atoms with E-state index in [0.717, 1.165) is 18.4 Å². The van der Waals surface area contributed by atoms with E-state index in [1.165, 1.54) is 12.1 Å². The Morgan fingerprint density at radius 2 is 2.37 bits per heavy atom. The fourth-order valence-electron chi connectivity index (χ4n) is 2.32. The number of hydrogen-bond acceptors (Lipinski definition) is 2. The topological polar surface area (TPSA) is 52.6 Å². The van der Waals surface area contributed by atoms with Crippen molar-refractivity contribution in [3.8, 4) is 0 Å². The number of aliphatic hydroxyl groups excluding tert-OH is 1. The van der Waals surface area contributed by atoms with Crippen molar-refractivity contribution < 1.29 is 14.3 Å². The van der Waals surface area contributed by atoms with E-state index in [4.69, 9.17) is 5.11 Å². The Kier molecular flexibility index (Phi) is 4.37. The van der Waals surface area contributed by atoms with Gasteiger partial charge in [0, 0.05) is 19.2 Å². The number of halogens is 1. The first-order valence-corrected chi connectivity index (χ1v) is 6.59. The molecule has 0 radical (unpaired) electrons. The van der Waals surface area contributed by atoms with E-state index >= 15 is 0 Å². The Morgan fingerprint density at radius 1 is 1.58 bits per heavy atom. The zero-order valence-corrected chi connectivity index (χ0v) is 11.0. The molecular formula is C14H19FN2O2. The predicted molar refractivity (Wildman–Crippen MR) is 71.8 cm³/mol. The van der Waals surface area contributed by atoms with E-state index < -0.39 is 0 Å². The van der Waals surface area contributed by atoms with E-state index in [2.05, 4.69) is 5.32 Å². The molecule has 104 valence electrons. The number of benzene rings is 1. The third-order valence-electron chi connectivity index (χ3n) is 3.35. The van der Waals surface area contributed by atoms with Gasteiger partial charge in [-0.2, -0.15) is 0 Å². The standard InChI is InChI=1S/C14H19FN2O2/c1-10(3-2-8-18)16-14(19)17-7-6-11-4-5-12(15)9-13(11)17/h4-5,9-10,18H,2-3,6-8H2,1H3,(H,16,19). The predicted octanol–water partition coefficient (Wildman–Crippen LogP) is 2.06. The minimum atomic E-state index is -0.327. The van der Waals surface area contributed by atoms with Crippen LogP contribution in [0.5, 0.6) is 0 Å². The molecule has 0 saturated carbocycles. The van der Waals surface area contributed by atoms with Crippen molar-refractivity contribution in [3.05, 3.63) is 29.6 Å². The van der Waals surface area contributed by atoms with Crippen molar-refractivity contribution in [2.45, 2.75) is 32.2 Å². The first-order valence-electron chi connectivity index (χ1n) is 6.59. The number of fused-ring (bicyclic) bond motifs is 1. The zero-order valence-electron chi connectivity index (χ0n) is 11.0. The SMILES string of the molecule is CC(CCCO)NC(=O)N1CCc2ccc(F)cc21. The molecule has 2 rings (SSSR count). The second-order valence-electron chi connectivity index (χ2n) is 4.89. The van der Waals surface area contributed by atoms with Gasteiger partial charge < -0.3 is 10.4 Å². The van der Waals surface area contributed by atoms with Crippen LogP contribution in [0, 0.1) is 5.82 Å². The number of nitrogens with zero attached hydrogens (tertiary/aromatic N) is 1. The molecule has 4 nitrogen and oxygen atoms in total. The van der Waals surface area contributed by atoms with Gasteiger partial charge in [-0.15, -0.1) is 0 Å². The van der Waals surface area contributed by atoms with Gasteiger partial charge >= 0.3 is 6.03 Å². The van der Waals surface area contributed by atoms with E-state index in [9.17, 15) is 9.18 Å². The molecule has 0 spiro atoms. The number of hydrogen-bond donors (Lipinski definition) is 2. The summed E-state index contributed by atoms with van der Waals surface area (Å²) in [6.07, 6.45) is 2.15. The van der Waals surface area contributed by atoms with Gasteiger partial charge in [-0.1, -0.05) is 6.07 Å². The first-order chi connectivity index (χ1) is 9.11. The quantitative estimate of drug-likeness (QED) is 0.876. The van der Waals surface area contributed by atoms with Crippen molar-refractivity contribution in [3.63, 3.8) is 0 Å². The maximum absolute atomic E-state index is 13.2. The number of urea groups is 1. The van der Waals surface area contributed by atoms with Crippen molar-refractivity contribution >= 4 is 11.7 Å². The smallest absolute Gasteiger partial charge is 0.322 e. The molecule has 0 aliphatic carbocycles.